The molecule has 0 bridgehead atoms. The zero-order valence-electron chi connectivity index (χ0n) is 19.0. The van der Waals surface area contributed by atoms with Gasteiger partial charge in [-0.2, -0.15) is 4.98 Å². The highest BCUT2D eigenvalue weighted by atomic mass is 79.9. The van der Waals surface area contributed by atoms with Crippen molar-refractivity contribution in [2.24, 2.45) is 0 Å². The van der Waals surface area contributed by atoms with Crippen molar-refractivity contribution in [3.05, 3.63) is 110 Å². The van der Waals surface area contributed by atoms with Crippen molar-refractivity contribution < 1.29 is 4.79 Å². The Bertz CT molecular complexity index is 1440. The Labute approximate surface area is 231 Å². The molecule has 0 aliphatic carbocycles. The molecular weight excluding hydrogens is 581 g/mol. The minimum atomic E-state index is -0.459. The first kappa shape index (κ1) is 24.9. The third-order valence-corrected chi connectivity index (χ3v) is 7.59. The Balaban J connectivity index is 1.47. The maximum Gasteiger partial charge on any atom is 0.255 e. The number of rotatable bonds is 6. The molecule has 182 valence electrons. The molecule has 1 aliphatic rings. The van der Waals surface area contributed by atoms with Crippen LogP contribution in [0.5, 0.6) is 0 Å². The second-order valence-electron chi connectivity index (χ2n) is 8.16. The predicted molar refractivity (Wildman–Crippen MR) is 150 cm³/mol. The molecule has 10 heteroatoms. The Kier molecular flexibility index (Phi) is 7.39. The van der Waals surface area contributed by atoms with Crippen LogP contribution in [0.2, 0.25) is 10.0 Å². The lowest BCUT2D eigenvalue weighted by Crippen LogP contribution is -2.31. The lowest BCUT2D eigenvalue weighted by atomic mass is 9.95. The first-order chi connectivity index (χ1) is 17.4. The molecular formula is C26H20BrCl2N5OS. The molecule has 1 amide bonds. The molecule has 0 radical (unpaired) electrons. The molecule has 0 spiro atoms. The van der Waals surface area contributed by atoms with Crippen LogP contribution in [0, 0.1) is 0 Å². The fraction of sp³-hybridized carbons (Fsp3) is 0.115. The van der Waals surface area contributed by atoms with E-state index in [1.165, 1.54) is 11.8 Å². The summed E-state index contributed by atoms with van der Waals surface area (Å²) < 4.78 is 2.73. The van der Waals surface area contributed by atoms with Gasteiger partial charge in [0, 0.05) is 31.7 Å². The number of nitrogens with zero attached hydrogens (tertiary/aromatic N) is 3. The van der Waals surface area contributed by atoms with Crippen molar-refractivity contribution in [1.82, 2.24) is 14.8 Å². The van der Waals surface area contributed by atoms with Gasteiger partial charge in [-0.3, -0.25) is 4.79 Å². The zero-order valence-corrected chi connectivity index (χ0v) is 22.9. The summed E-state index contributed by atoms with van der Waals surface area (Å²) in [4.78, 5) is 18.2. The number of benzene rings is 3. The minimum absolute atomic E-state index is 0.230. The second kappa shape index (κ2) is 10.7. The van der Waals surface area contributed by atoms with Crippen LogP contribution in [0.15, 0.2) is 93.7 Å². The summed E-state index contributed by atoms with van der Waals surface area (Å²) >= 11 is 17.0. The Morgan fingerprint density at radius 3 is 2.33 bits per heavy atom. The second-order valence-corrected chi connectivity index (χ2v) is 10.9. The smallest absolute Gasteiger partial charge is 0.255 e. The molecule has 0 saturated heterocycles. The molecule has 0 fully saturated rings. The van der Waals surface area contributed by atoms with E-state index >= 15 is 0 Å². The molecule has 1 aromatic heterocycles. The number of halogens is 3. The van der Waals surface area contributed by atoms with E-state index in [2.05, 4.69) is 26.6 Å². The van der Waals surface area contributed by atoms with Gasteiger partial charge < -0.3 is 10.6 Å². The molecule has 36 heavy (non-hydrogen) atoms. The van der Waals surface area contributed by atoms with Gasteiger partial charge in [0.2, 0.25) is 11.1 Å². The molecule has 6 nitrogen and oxygen atoms in total. The van der Waals surface area contributed by atoms with Crippen molar-refractivity contribution in [2.75, 3.05) is 10.6 Å². The van der Waals surface area contributed by atoms with E-state index in [9.17, 15) is 4.79 Å². The average Bonchev–Trinajstić information content (AvgIpc) is 3.27. The highest BCUT2D eigenvalue weighted by molar-refractivity contribution is 9.10. The summed E-state index contributed by atoms with van der Waals surface area (Å²) in [6.45, 7) is 1.88. The third kappa shape index (κ3) is 5.47. The SMILES string of the molecule is CC1=C(C(=O)Nc2ccc(Cl)cc2)[C@@H](c2ccc(Br)cc2)n2nc(SCc3ccc(Cl)cc3)nc2N1. The topological polar surface area (TPSA) is 71.8 Å². The first-order valence-corrected chi connectivity index (χ1v) is 13.5. The Morgan fingerprint density at radius 1 is 1.03 bits per heavy atom. The number of anilines is 2. The van der Waals surface area contributed by atoms with Crippen LogP contribution in [0.3, 0.4) is 0 Å². The summed E-state index contributed by atoms with van der Waals surface area (Å²) in [5.74, 6) is 1.05. The summed E-state index contributed by atoms with van der Waals surface area (Å²) in [6, 6.07) is 22.1. The highest BCUT2D eigenvalue weighted by Gasteiger charge is 2.34. The van der Waals surface area contributed by atoms with Crippen molar-refractivity contribution >= 4 is 68.4 Å². The molecule has 2 heterocycles. The maximum absolute atomic E-state index is 13.5. The lowest BCUT2D eigenvalue weighted by molar-refractivity contribution is -0.113. The molecule has 3 aromatic carbocycles. The average molecular weight is 601 g/mol. The van der Waals surface area contributed by atoms with Crippen LogP contribution in [0.1, 0.15) is 24.1 Å². The summed E-state index contributed by atoms with van der Waals surface area (Å²) in [7, 11) is 0. The normalized spacial score (nSPS) is 14.8. The standard InChI is InChI=1S/C26H20BrCl2N5OS/c1-15-22(24(35)31-21-12-10-20(29)11-13-21)23(17-4-6-18(27)7-5-17)34-25(30-15)32-26(33-34)36-14-16-2-8-19(28)9-3-16/h2-13,23H,14H2,1H3,(H,31,35)(H,30,32,33)/t23-/m1/s1. The van der Waals surface area contributed by atoms with E-state index in [0.717, 1.165) is 15.6 Å². The minimum Gasteiger partial charge on any atom is -0.328 e. The number of allylic oxidation sites excluding steroid dienone is 1. The van der Waals surface area contributed by atoms with Gasteiger partial charge in [0.1, 0.15) is 6.04 Å². The van der Waals surface area contributed by atoms with E-state index in [-0.39, 0.29) is 5.91 Å². The van der Waals surface area contributed by atoms with E-state index in [0.29, 0.717) is 43.9 Å². The van der Waals surface area contributed by atoms with Crippen LogP contribution < -0.4 is 10.6 Å². The summed E-state index contributed by atoms with van der Waals surface area (Å²) in [5.41, 5.74) is 3.96. The number of hydrogen-bond donors (Lipinski definition) is 2. The van der Waals surface area contributed by atoms with Crippen LogP contribution in [0.25, 0.3) is 0 Å². The lowest BCUT2D eigenvalue weighted by Gasteiger charge is -2.28. The van der Waals surface area contributed by atoms with Crippen LogP contribution in [-0.2, 0) is 10.5 Å². The molecule has 2 N–H and O–H groups in total. The number of hydrogen-bond acceptors (Lipinski definition) is 5. The summed E-state index contributed by atoms with van der Waals surface area (Å²) in [6.07, 6.45) is 0. The van der Waals surface area contributed by atoms with E-state index in [4.69, 9.17) is 33.3 Å². The van der Waals surface area contributed by atoms with Crippen molar-refractivity contribution in [2.45, 2.75) is 23.9 Å². The molecule has 0 saturated carbocycles. The van der Waals surface area contributed by atoms with E-state index < -0.39 is 6.04 Å². The van der Waals surface area contributed by atoms with Gasteiger partial charge in [-0.05, 0) is 66.6 Å². The molecule has 1 aliphatic heterocycles. The van der Waals surface area contributed by atoms with Crippen LogP contribution in [-0.4, -0.2) is 20.7 Å². The third-order valence-electron chi connectivity index (χ3n) is 5.65. The van der Waals surface area contributed by atoms with Gasteiger partial charge in [0.05, 0.1) is 5.57 Å². The molecule has 0 unspecified atom stereocenters. The fourth-order valence-electron chi connectivity index (χ4n) is 3.90. The van der Waals surface area contributed by atoms with Gasteiger partial charge in [-0.15, -0.1) is 5.10 Å². The van der Waals surface area contributed by atoms with Gasteiger partial charge in [-0.1, -0.05) is 75.2 Å². The fourth-order valence-corrected chi connectivity index (χ4v) is 5.20. The monoisotopic (exact) mass is 599 g/mol. The molecule has 4 aromatic rings. The quantitative estimate of drug-likeness (QED) is 0.223. The maximum atomic E-state index is 13.5. The Morgan fingerprint density at radius 2 is 1.67 bits per heavy atom. The molecule has 1 atom stereocenters. The predicted octanol–water partition coefficient (Wildman–Crippen LogP) is 7.57. The van der Waals surface area contributed by atoms with Crippen molar-refractivity contribution in [1.29, 1.82) is 0 Å². The number of amides is 1. The van der Waals surface area contributed by atoms with Crippen LogP contribution in [0.4, 0.5) is 11.6 Å². The van der Waals surface area contributed by atoms with Gasteiger partial charge in [-0.25, -0.2) is 4.68 Å². The van der Waals surface area contributed by atoms with Gasteiger partial charge in [0.15, 0.2) is 0 Å². The zero-order chi connectivity index (χ0) is 25.2. The Hall–Kier alpha value is -2.78. The van der Waals surface area contributed by atoms with Crippen LogP contribution >= 0.6 is 50.9 Å². The van der Waals surface area contributed by atoms with Gasteiger partial charge >= 0.3 is 0 Å². The largest absolute Gasteiger partial charge is 0.328 e. The van der Waals surface area contributed by atoms with Crippen molar-refractivity contribution in [3.63, 3.8) is 0 Å². The number of fused-ring (bicyclic) bond motifs is 1. The summed E-state index contributed by atoms with van der Waals surface area (Å²) in [5, 5.41) is 13.0. The van der Waals surface area contributed by atoms with E-state index in [1.807, 2.05) is 55.5 Å². The van der Waals surface area contributed by atoms with Gasteiger partial charge in [0.25, 0.3) is 5.91 Å². The molecule has 5 rings (SSSR count). The number of nitrogens with one attached hydrogen (secondary N) is 2. The van der Waals surface area contributed by atoms with Crippen molar-refractivity contribution in [3.8, 4) is 0 Å². The number of thioether (sulfide) groups is 1. The van der Waals surface area contributed by atoms with E-state index in [1.54, 1.807) is 28.9 Å². The number of carbonyl (C=O) groups excluding carboxylic acids is 1. The number of carbonyl (C=O) groups is 1. The highest BCUT2D eigenvalue weighted by Crippen LogP contribution is 2.37. The number of aromatic nitrogens is 3. The first-order valence-electron chi connectivity index (χ1n) is 11.0.